The van der Waals surface area contributed by atoms with Crippen molar-refractivity contribution in [2.45, 2.75) is 12.8 Å². The molecule has 116 valence electrons. The molecule has 0 aliphatic rings. The van der Waals surface area contributed by atoms with Crippen LogP contribution in [0.25, 0.3) is 5.69 Å². The van der Waals surface area contributed by atoms with Crippen molar-refractivity contribution < 1.29 is 13.9 Å². The molecule has 1 aromatic heterocycles. The quantitative estimate of drug-likeness (QED) is 0.534. The maximum atomic E-state index is 13.5. The van der Waals surface area contributed by atoms with Crippen LogP contribution in [-0.4, -0.2) is 26.2 Å². The largest absolute Gasteiger partial charge is 0.427 e. The number of ether oxygens (including phenoxy) is 1. The van der Waals surface area contributed by atoms with Crippen LogP contribution in [0.5, 0.6) is 5.75 Å². The van der Waals surface area contributed by atoms with Crippen LogP contribution in [0.1, 0.15) is 12.0 Å². The third kappa shape index (κ3) is 3.76. The molecule has 0 aliphatic carbocycles. The van der Waals surface area contributed by atoms with Crippen molar-refractivity contribution in [1.29, 1.82) is 0 Å². The lowest BCUT2D eigenvalue weighted by Crippen LogP contribution is -2.09. The van der Waals surface area contributed by atoms with Crippen LogP contribution in [0, 0.1) is 5.82 Å². The summed E-state index contributed by atoms with van der Waals surface area (Å²) < 4.78 is 20.2. The monoisotopic (exact) mass is 312 g/mol. The van der Waals surface area contributed by atoms with E-state index in [2.05, 4.69) is 15.5 Å². The third-order valence-corrected chi connectivity index (χ3v) is 3.24. The molecule has 0 radical (unpaired) electrons. The van der Waals surface area contributed by atoms with Crippen molar-refractivity contribution in [2.24, 2.45) is 0 Å². The molecule has 0 fully saturated rings. The van der Waals surface area contributed by atoms with Gasteiger partial charge in [0.1, 0.15) is 17.9 Å². The second-order valence-electron chi connectivity index (χ2n) is 4.81. The molecule has 0 spiro atoms. The Morgan fingerprint density at radius 3 is 2.61 bits per heavy atom. The molecular formula is C16H13FN4O2. The molecule has 6 nitrogen and oxygen atoms in total. The Kier molecular flexibility index (Phi) is 4.37. The summed E-state index contributed by atoms with van der Waals surface area (Å²) >= 11 is 0. The number of aromatic nitrogens is 4. The fraction of sp³-hybridized carbons (Fsp3) is 0.125. The number of hydrogen-bond acceptors (Lipinski definition) is 5. The van der Waals surface area contributed by atoms with E-state index in [4.69, 9.17) is 4.74 Å². The average molecular weight is 312 g/mol. The number of tetrazole rings is 1. The molecule has 3 rings (SSSR count). The van der Waals surface area contributed by atoms with Crippen molar-refractivity contribution >= 4 is 5.97 Å². The number of benzene rings is 2. The predicted octanol–water partition coefficient (Wildman–Crippen LogP) is 2.34. The summed E-state index contributed by atoms with van der Waals surface area (Å²) in [5, 5.41) is 10.9. The van der Waals surface area contributed by atoms with Crippen LogP contribution in [0.15, 0.2) is 54.9 Å². The fourth-order valence-electron chi connectivity index (χ4n) is 2.07. The molecule has 0 bridgehead atoms. The van der Waals surface area contributed by atoms with E-state index >= 15 is 0 Å². The van der Waals surface area contributed by atoms with Crippen molar-refractivity contribution in [1.82, 2.24) is 20.2 Å². The van der Waals surface area contributed by atoms with E-state index < -0.39 is 5.97 Å². The SMILES string of the molecule is O=C(CCc1ccccc1F)Oc1ccc(-n2cnnn2)cc1. The number of halogens is 1. The average Bonchev–Trinajstić information content (AvgIpc) is 3.09. The Hall–Kier alpha value is -3.09. The molecule has 0 amide bonds. The minimum Gasteiger partial charge on any atom is -0.427 e. The first-order valence-corrected chi connectivity index (χ1v) is 7.00. The summed E-state index contributed by atoms with van der Waals surface area (Å²) in [7, 11) is 0. The summed E-state index contributed by atoms with van der Waals surface area (Å²) in [6.07, 6.45) is 1.87. The first-order chi connectivity index (χ1) is 11.2. The van der Waals surface area contributed by atoms with Gasteiger partial charge in [0.25, 0.3) is 0 Å². The van der Waals surface area contributed by atoms with Crippen molar-refractivity contribution in [3.63, 3.8) is 0 Å². The van der Waals surface area contributed by atoms with Gasteiger partial charge >= 0.3 is 5.97 Å². The Balaban J connectivity index is 1.57. The molecule has 2 aromatic carbocycles. The number of carbonyl (C=O) groups excluding carboxylic acids is 1. The van der Waals surface area contributed by atoms with E-state index in [0.29, 0.717) is 17.7 Å². The molecule has 7 heteroatoms. The summed E-state index contributed by atoms with van der Waals surface area (Å²) in [6, 6.07) is 13.1. The number of nitrogens with zero attached hydrogens (tertiary/aromatic N) is 4. The van der Waals surface area contributed by atoms with E-state index in [9.17, 15) is 9.18 Å². The Bertz CT molecular complexity index is 788. The molecule has 1 heterocycles. The molecule has 0 atom stereocenters. The fourth-order valence-corrected chi connectivity index (χ4v) is 2.07. The highest BCUT2D eigenvalue weighted by molar-refractivity contribution is 5.72. The Morgan fingerprint density at radius 2 is 1.91 bits per heavy atom. The second-order valence-corrected chi connectivity index (χ2v) is 4.81. The number of rotatable bonds is 5. The zero-order valence-electron chi connectivity index (χ0n) is 12.1. The minimum atomic E-state index is -0.413. The molecule has 0 saturated heterocycles. The van der Waals surface area contributed by atoms with Gasteiger partial charge in [-0.25, -0.2) is 9.07 Å². The molecule has 0 unspecified atom stereocenters. The molecule has 23 heavy (non-hydrogen) atoms. The maximum Gasteiger partial charge on any atom is 0.311 e. The molecule has 3 aromatic rings. The molecule has 0 N–H and O–H groups in total. The number of carbonyl (C=O) groups is 1. The van der Waals surface area contributed by atoms with Gasteiger partial charge in [-0.15, -0.1) is 5.10 Å². The third-order valence-electron chi connectivity index (χ3n) is 3.24. The van der Waals surface area contributed by atoms with Crippen LogP contribution < -0.4 is 4.74 Å². The van der Waals surface area contributed by atoms with Crippen LogP contribution in [0.4, 0.5) is 4.39 Å². The Morgan fingerprint density at radius 1 is 1.13 bits per heavy atom. The van der Waals surface area contributed by atoms with E-state index in [1.165, 1.54) is 17.1 Å². The summed E-state index contributed by atoms with van der Waals surface area (Å²) in [5.74, 6) is -0.310. The zero-order valence-corrected chi connectivity index (χ0v) is 12.1. The topological polar surface area (TPSA) is 69.9 Å². The van der Waals surface area contributed by atoms with Gasteiger partial charge in [-0.2, -0.15) is 0 Å². The van der Waals surface area contributed by atoms with Gasteiger partial charge in [0.15, 0.2) is 0 Å². The van der Waals surface area contributed by atoms with E-state index in [0.717, 1.165) is 5.69 Å². The number of esters is 1. The number of hydrogen-bond donors (Lipinski definition) is 0. The highest BCUT2D eigenvalue weighted by Crippen LogP contribution is 2.16. The molecular weight excluding hydrogens is 299 g/mol. The lowest BCUT2D eigenvalue weighted by Gasteiger charge is -2.06. The highest BCUT2D eigenvalue weighted by Gasteiger charge is 2.08. The van der Waals surface area contributed by atoms with E-state index in [-0.39, 0.29) is 12.2 Å². The van der Waals surface area contributed by atoms with E-state index in [1.54, 1.807) is 42.5 Å². The van der Waals surface area contributed by atoms with Crippen LogP contribution in [-0.2, 0) is 11.2 Å². The maximum absolute atomic E-state index is 13.5. The summed E-state index contributed by atoms with van der Waals surface area (Å²) in [6.45, 7) is 0. The number of aryl methyl sites for hydroxylation is 1. The van der Waals surface area contributed by atoms with Gasteiger partial charge in [-0.05, 0) is 52.7 Å². The van der Waals surface area contributed by atoms with Gasteiger partial charge in [-0.3, -0.25) is 4.79 Å². The molecule has 0 aliphatic heterocycles. The predicted molar refractivity (Wildman–Crippen MR) is 79.5 cm³/mol. The van der Waals surface area contributed by atoms with Gasteiger partial charge in [0, 0.05) is 0 Å². The molecule has 0 saturated carbocycles. The zero-order chi connectivity index (χ0) is 16.1. The van der Waals surface area contributed by atoms with Crippen LogP contribution in [0.2, 0.25) is 0 Å². The normalized spacial score (nSPS) is 10.5. The highest BCUT2D eigenvalue weighted by atomic mass is 19.1. The second kappa shape index (κ2) is 6.78. The summed E-state index contributed by atoms with van der Waals surface area (Å²) in [5.41, 5.74) is 1.25. The van der Waals surface area contributed by atoms with Gasteiger partial charge < -0.3 is 4.74 Å². The smallest absolute Gasteiger partial charge is 0.311 e. The lowest BCUT2D eigenvalue weighted by atomic mass is 10.1. The standard InChI is InChI=1S/C16H13FN4O2/c17-15-4-2-1-3-12(15)5-10-16(22)23-14-8-6-13(7-9-14)21-11-18-19-20-21/h1-4,6-9,11H,5,10H2. The van der Waals surface area contributed by atoms with Crippen molar-refractivity contribution in [3.8, 4) is 11.4 Å². The van der Waals surface area contributed by atoms with Crippen LogP contribution >= 0.6 is 0 Å². The Labute approximate surface area is 131 Å². The van der Waals surface area contributed by atoms with Crippen LogP contribution in [0.3, 0.4) is 0 Å². The first kappa shape index (κ1) is 14.8. The van der Waals surface area contributed by atoms with E-state index in [1.807, 2.05) is 0 Å². The van der Waals surface area contributed by atoms with Crippen molar-refractivity contribution in [2.75, 3.05) is 0 Å². The minimum absolute atomic E-state index is 0.107. The van der Waals surface area contributed by atoms with Gasteiger partial charge in [0.05, 0.1) is 12.1 Å². The van der Waals surface area contributed by atoms with Gasteiger partial charge in [0.2, 0.25) is 0 Å². The van der Waals surface area contributed by atoms with Crippen molar-refractivity contribution in [3.05, 3.63) is 66.2 Å². The summed E-state index contributed by atoms with van der Waals surface area (Å²) in [4.78, 5) is 11.8. The first-order valence-electron chi connectivity index (χ1n) is 7.00. The van der Waals surface area contributed by atoms with Gasteiger partial charge in [-0.1, -0.05) is 18.2 Å². The lowest BCUT2D eigenvalue weighted by molar-refractivity contribution is -0.134.